The van der Waals surface area contributed by atoms with E-state index in [1.54, 1.807) is 12.1 Å². The summed E-state index contributed by atoms with van der Waals surface area (Å²) in [7, 11) is 0. The Morgan fingerprint density at radius 3 is 2.30 bits per heavy atom. The monoisotopic (exact) mass is 409 g/mol. The first-order chi connectivity index (χ1) is 9.27. The Labute approximate surface area is 130 Å². The van der Waals surface area contributed by atoms with E-state index in [-0.39, 0.29) is 11.5 Å². The quantitative estimate of drug-likeness (QED) is 0.653. The van der Waals surface area contributed by atoms with E-state index in [1.807, 2.05) is 0 Å². The van der Waals surface area contributed by atoms with E-state index in [2.05, 4.69) is 31.9 Å². The van der Waals surface area contributed by atoms with Gasteiger partial charge < -0.3 is 10.5 Å². The Balaban J connectivity index is 2.46. The van der Waals surface area contributed by atoms with Gasteiger partial charge in [0.05, 0.1) is 10.0 Å². The van der Waals surface area contributed by atoms with Crippen LogP contribution >= 0.6 is 31.9 Å². The predicted molar refractivity (Wildman–Crippen MR) is 77.8 cm³/mol. The average Bonchev–Trinajstić information content (AvgIpc) is 2.34. The lowest BCUT2D eigenvalue weighted by Crippen LogP contribution is -2.07. The van der Waals surface area contributed by atoms with E-state index in [0.29, 0.717) is 14.6 Å². The van der Waals surface area contributed by atoms with Crippen molar-refractivity contribution in [2.75, 3.05) is 5.73 Å². The number of halogens is 5. The van der Waals surface area contributed by atoms with Crippen molar-refractivity contribution in [2.45, 2.75) is 6.18 Å². The van der Waals surface area contributed by atoms with Crippen LogP contribution in [0.2, 0.25) is 0 Å². The first-order valence-corrected chi connectivity index (χ1v) is 6.95. The lowest BCUT2D eigenvalue weighted by atomic mass is 10.2. The Morgan fingerprint density at radius 2 is 1.65 bits per heavy atom. The molecule has 0 atom stereocenters. The third-order valence-corrected chi connectivity index (χ3v) is 3.57. The lowest BCUT2D eigenvalue weighted by Gasteiger charge is -2.15. The van der Waals surface area contributed by atoms with Gasteiger partial charge in [0, 0.05) is 16.2 Å². The standard InChI is InChI=1S/C13H8Br2F3NO/c14-7-1-4-11(9(5-7)13(16,17)18)20-12-6-8(19)2-3-10(12)15/h1-6H,19H2. The number of hydrogen-bond donors (Lipinski definition) is 1. The van der Waals surface area contributed by atoms with Crippen LogP contribution in [0.3, 0.4) is 0 Å². The van der Waals surface area contributed by atoms with E-state index in [0.717, 1.165) is 6.07 Å². The fourth-order valence-electron chi connectivity index (χ4n) is 1.53. The van der Waals surface area contributed by atoms with E-state index < -0.39 is 11.7 Å². The van der Waals surface area contributed by atoms with Crippen LogP contribution in [0.25, 0.3) is 0 Å². The molecular formula is C13H8Br2F3NO. The van der Waals surface area contributed by atoms with Crippen molar-refractivity contribution in [3.05, 3.63) is 50.9 Å². The normalized spacial score (nSPS) is 11.4. The third-order valence-electron chi connectivity index (χ3n) is 2.42. The Hall–Kier alpha value is -1.21. The minimum absolute atomic E-state index is 0.220. The van der Waals surface area contributed by atoms with Gasteiger partial charge in [0.2, 0.25) is 0 Å². The molecule has 0 spiro atoms. The number of hydrogen-bond acceptors (Lipinski definition) is 2. The number of anilines is 1. The van der Waals surface area contributed by atoms with Gasteiger partial charge in [-0.3, -0.25) is 0 Å². The maximum atomic E-state index is 13.0. The number of nitrogen functional groups attached to an aromatic ring is 1. The summed E-state index contributed by atoms with van der Waals surface area (Å²) in [6.07, 6.45) is -4.51. The first-order valence-electron chi connectivity index (χ1n) is 5.37. The molecule has 2 N–H and O–H groups in total. The second-order valence-corrected chi connectivity index (χ2v) is 5.70. The van der Waals surface area contributed by atoms with E-state index in [9.17, 15) is 13.2 Å². The van der Waals surface area contributed by atoms with Crippen LogP contribution in [0.15, 0.2) is 45.3 Å². The molecular weight excluding hydrogens is 403 g/mol. The van der Waals surface area contributed by atoms with Gasteiger partial charge >= 0.3 is 6.18 Å². The number of rotatable bonds is 2. The molecule has 106 valence electrons. The van der Waals surface area contributed by atoms with Gasteiger partial charge in [0.1, 0.15) is 11.5 Å². The van der Waals surface area contributed by atoms with Crippen LogP contribution in [-0.4, -0.2) is 0 Å². The predicted octanol–water partition coefficient (Wildman–Crippen LogP) is 5.60. The molecule has 0 radical (unpaired) electrons. The fraction of sp³-hybridized carbons (Fsp3) is 0.0769. The van der Waals surface area contributed by atoms with Crippen LogP contribution in [0.1, 0.15) is 5.56 Å². The molecule has 0 aliphatic heterocycles. The van der Waals surface area contributed by atoms with E-state index in [1.165, 1.54) is 18.2 Å². The van der Waals surface area contributed by atoms with Gasteiger partial charge in [-0.2, -0.15) is 13.2 Å². The summed E-state index contributed by atoms with van der Waals surface area (Å²) in [6.45, 7) is 0. The zero-order valence-electron chi connectivity index (χ0n) is 9.84. The molecule has 0 aliphatic carbocycles. The van der Waals surface area contributed by atoms with Crippen molar-refractivity contribution < 1.29 is 17.9 Å². The number of nitrogens with two attached hydrogens (primary N) is 1. The van der Waals surface area contributed by atoms with Gasteiger partial charge in [-0.1, -0.05) is 15.9 Å². The highest BCUT2D eigenvalue weighted by molar-refractivity contribution is 9.10. The molecule has 0 heterocycles. The molecule has 0 bridgehead atoms. The second-order valence-electron chi connectivity index (χ2n) is 3.93. The topological polar surface area (TPSA) is 35.2 Å². The maximum absolute atomic E-state index is 13.0. The lowest BCUT2D eigenvalue weighted by molar-refractivity contribution is -0.138. The number of benzene rings is 2. The van der Waals surface area contributed by atoms with Crippen molar-refractivity contribution in [1.29, 1.82) is 0 Å². The summed E-state index contributed by atoms with van der Waals surface area (Å²) in [5.41, 5.74) is 5.14. The SMILES string of the molecule is Nc1ccc(Br)c(Oc2ccc(Br)cc2C(F)(F)F)c1. The van der Waals surface area contributed by atoms with Gasteiger partial charge in [-0.05, 0) is 46.3 Å². The van der Waals surface area contributed by atoms with Crippen molar-refractivity contribution in [3.8, 4) is 11.5 Å². The summed E-state index contributed by atoms with van der Waals surface area (Å²) >= 11 is 6.22. The molecule has 2 aromatic carbocycles. The highest BCUT2D eigenvalue weighted by Crippen LogP contribution is 2.41. The van der Waals surface area contributed by atoms with E-state index >= 15 is 0 Å². The molecule has 0 aromatic heterocycles. The molecule has 2 nitrogen and oxygen atoms in total. The Kier molecular flexibility index (Phi) is 4.29. The molecule has 7 heteroatoms. The fourth-order valence-corrected chi connectivity index (χ4v) is 2.22. The van der Waals surface area contributed by atoms with Crippen LogP contribution in [0.4, 0.5) is 18.9 Å². The molecule has 0 saturated carbocycles. The molecule has 0 fully saturated rings. The van der Waals surface area contributed by atoms with Crippen molar-refractivity contribution in [1.82, 2.24) is 0 Å². The summed E-state index contributed by atoms with van der Waals surface area (Å²) in [5, 5.41) is 0. The molecule has 2 aromatic rings. The molecule has 0 amide bonds. The minimum Gasteiger partial charge on any atom is -0.455 e. The summed E-state index contributed by atoms with van der Waals surface area (Å²) in [5.74, 6) is -0.0650. The average molecular weight is 411 g/mol. The maximum Gasteiger partial charge on any atom is 0.420 e. The van der Waals surface area contributed by atoms with Crippen LogP contribution in [-0.2, 0) is 6.18 Å². The van der Waals surface area contributed by atoms with Gasteiger partial charge in [0.15, 0.2) is 0 Å². The van der Waals surface area contributed by atoms with Crippen LogP contribution in [0.5, 0.6) is 11.5 Å². The molecule has 0 aliphatic rings. The summed E-state index contributed by atoms with van der Waals surface area (Å²) < 4.78 is 45.1. The Bertz CT molecular complexity index is 644. The smallest absolute Gasteiger partial charge is 0.420 e. The van der Waals surface area contributed by atoms with Gasteiger partial charge in [0.25, 0.3) is 0 Å². The second kappa shape index (κ2) is 5.65. The zero-order valence-corrected chi connectivity index (χ0v) is 13.0. The van der Waals surface area contributed by atoms with Crippen LogP contribution < -0.4 is 10.5 Å². The minimum atomic E-state index is -4.51. The summed E-state index contributed by atoms with van der Waals surface area (Å²) in [4.78, 5) is 0. The molecule has 0 unspecified atom stereocenters. The molecule has 20 heavy (non-hydrogen) atoms. The van der Waals surface area contributed by atoms with Gasteiger partial charge in [-0.15, -0.1) is 0 Å². The van der Waals surface area contributed by atoms with Crippen molar-refractivity contribution in [2.24, 2.45) is 0 Å². The Morgan fingerprint density at radius 1 is 0.950 bits per heavy atom. The third kappa shape index (κ3) is 3.46. The zero-order chi connectivity index (χ0) is 14.9. The van der Waals surface area contributed by atoms with E-state index in [4.69, 9.17) is 10.5 Å². The van der Waals surface area contributed by atoms with Crippen LogP contribution in [0, 0.1) is 0 Å². The molecule has 2 rings (SSSR count). The number of ether oxygens (including phenoxy) is 1. The van der Waals surface area contributed by atoms with Crippen molar-refractivity contribution >= 4 is 37.5 Å². The molecule has 0 saturated heterocycles. The highest BCUT2D eigenvalue weighted by Gasteiger charge is 2.34. The van der Waals surface area contributed by atoms with Crippen molar-refractivity contribution in [3.63, 3.8) is 0 Å². The number of alkyl halides is 3. The first kappa shape index (κ1) is 15.2. The largest absolute Gasteiger partial charge is 0.455 e. The summed E-state index contributed by atoms with van der Waals surface area (Å²) in [6, 6.07) is 8.37. The highest BCUT2D eigenvalue weighted by atomic mass is 79.9. The van der Waals surface area contributed by atoms with Gasteiger partial charge in [-0.25, -0.2) is 0 Å².